The Morgan fingerprint density at radius 1 is 1.34 bits per heavy atom. The van der Waals surface area contributed by atoms with E-state index in [0.29, 0.717) is 16.7 Å². The zero-order chi connectivity index (χ0) is 21.9. The first-order chi connectivity index (χ1) is 13.2. The van der Waals surface area contributed by atoms with Crippen molar-refractivity contribution in [2.45, 2.75) is 69.7 Å². The van der Waals surface area contributed by atoms with Crippen LogP contribution in [0.4, 0.5) is 5.95 Å². The first kappa shape index (κ1) is 22.2. The fourth-order valence-electron chi connectivity index (χ4n) is 3.73. The number of ether oxygens (including phenoxy) is 1. The normalized spacial score (nSPS) is 28.4. The molecule has 8 nitrogen and oxygen atoms in total. The Balaban J connectivity index is 2.11. The van der Waals surface area contributed by atoms with E-state index in [1.54, 1.807) is 24.9 Å². The van der Waals surface area contributed by atoms with Gasteiger partial charge in [0.1, 0.15) is 17.2 Å². The molecule has 3 N–H and O–H groups in total. The van der Waals surface area contributed by atoms with Gasteiger partial charge in [-0.3, -0.25) is 0 Å². The number of aliphatic hydroxyl groups is 1. The lowest BCUT2D eigenvalue weighted by atomic mass is 9.97. The topological polar surface area (TPSA) is 108 Å². The van der Waals surface area contributed by atoms with Crippen molar-refractivity contribution in [2.24, 2.45) is 0 Å². The minimum Gasteiger partial charge on any atom is -0.407 e. The summed E-state index contributed by atoms with van der Waals surface area (Å²) in [5, 5.41) is 11.7. The zero-order valence-electron chi connectivity index (χ0n) is 18.0. The number of nitrogen functional groups attached to an aromatic ring is 1. The lowest BCUT2D eigenvalue weighted by Gasteiger charge is -2.40. The molecule has 29 heavy (non-hydrogen) atoms. The maximum atomic E-state index is 11.5. The van der Waals surface area contributed by atoms with Crippen molar-refractivity contribution in [2.75, 3.05) is 12.8 Å². The molecule has 4 atom stereocenters. The Morgan fingerprint density at radius 3 is 2.52 bits per heavy atom. The minimum atomic E-state index is -2.16. The molecule has 1 fully saturated rings. The van der Waals surface area contributed by atoms with E-state index in [2.05, 4.69) is 55.4 Å². The molecule has 0 saturated heterocycles. The van der Waals surface area contributed by atoms with Gasteiger partial charge in [-0.15, -0.1) is 0 Å². The highest BCUT2D eigenvalue weighted by molar-refractivity contribution is 6.74. The molecule has 2 aromatic heterocycles. The molecule has 0 bridgehead atoms. The summed E-state index contributed by atoms with van der Waals surface area (Å²) >= 11 is 6.18. The molecule has 10 heteroatoms. The summed E-state index contributed by atoms with van der Waals surface area (Å²) in [5.41, 5.74) is 6.00. The van der Waals surface area contributed by atoms with Gasteiger partial charge in [0.2, 0.25) is 5.95 Å². The van der Waals surface area contributed by atoms with Gasteiger partial charge in [0.15, 0.2) is 19.1 Å². The van der Waals surface area contributed by atoms with Crippen LogP contribution in [0.3, 0.4) is 0 Å². The fourth-order valence-corrected chi connectivity index (χ4v) is 5.21. The van der Waals surface area contributed by atoms with Crippen molar-refractivity contribution in [3.63, 3.8) is 0 Å². The molecule has 0 amide bonds. The van der Waals surface area contributed by atoms with Crippen LogP contribution in [0.5, 0.6) is 0 Å². The quantitative estimate of drug-likeness (QED) is 0.427. The van der Waals surface area contributed by atoms with Crippen LogP contribution in [0.15, 0.2) is 18.5 Å². The van der Waals surface area contributed by atoms with Crippen molar-refractivity contribution >= 4 is 37.0 Å². The van der Waals surface area contributed by atoms with Gasteiger partial charge in [-0.05, 0) is 30.6 Å². The van der Waals surface area contributed by atoms with E-state index in [9.17, 15) is 5.11 Å². The first-order valence-corrected chi connectivity index (χ1v) is 12.8. The molecule has 0 aromatic carbocycles. The Morgan fingerprint density at radius 2 is 1.97 bits per heavy atom. The number of aromatic nitrogens is 4. The van der Waals surface area contributed by atoms with Crippen LogP contribution in [-0.2, 0) is 9.16 Å². The molecule has 3 rings (SSSR count). The third-order valence-electron chi connectivity index (χ3n) is 6.28. The highest BCUT2D eigenvalue weighted by Crippen LogP contribution is 2.49. The van der Waals surface area contributed by atoms with Crippen molar-refractivity contribution in [3.8, 4) is 0 Å². The van der Waals surface area contributed by atoms with Crippen LogP contribution >= 0.6 is 11.6 Å². The summed E-state index contributed by atoms with van der Waals surface area (Å²) in [5.74, 6) is 0.0323. The molecular weight excluding hydrogens is 410 g/mol. The number of nitrogens with zero attached hydrogens (tertiary/aromatic N) is 4. The van der Waals surface area contributed by atoms with E-state index in [4.69, 9.17) is 26.5 Å². The van der Waals surface area contributed by atoms with Gasteiger partial charge in [-0.25, -0.2) is 4.98 Å². The third-order valence-corrected chi connectivity index (χ3v) is 11.0. The second-order valence-electron chi connectivity index (χ2n) is 9.36. The van der Waals surface area contributed by atoms with E-state index in [-0.39, 0.29) is 16.1 Å². The lowest BCUT2D eigenvalue weighted by molar-refractivity contribution is -0.104. The average Bonchev–Trinajstić information content (AvgIpc) is 3.03. The van der Waals surface area contributed by atoms with Gasteiger partial charge in [-0.2, -0.15) is 9.97 Å². The van der Waals surface area contributed by atoms with E-state index in [1.807, 2.05) is 0 Å². The van der Waals surface area contributed by atoms with Crippen LogP contribution in [0.1, 0.15) is 33.7 Å². The summed E-state index contributed by atoms with van der Waals surface area (Å²) in [7, 11) is -0.593. The monoisotopic (exact) mass is 439 g/mol. The predicted molar refractivity (Wildman–Crippen MR) is 116 cm³/mol. The Kier molecular flexibility index (Phi) is 5.37. The van der Waals surface area contributed by atoms with Gasteiger partial charge in [-0.1, -0.05) is 39.0 Å². The standard InChI is InChI=1S/C19H30ClN5O3Si/c1-10-12(28-29(7,8)18(2,3)4)14(27-6)19(5,26)13(10)25-9-22-11-15(20)23-17(21)24-16(11)25/h9,12-14,26H,1H2,2-8H3,(H2,21,23,24)/t12-,13+,14+,19-/m0/s1. The third kappa shape index (κ3) is 3.48. The van der Waals surface area contributed by atoms with Gasteiger partial charge >= 0.3 is 0 Å². The van der Waals surface area contributed by atoms with Crippen LogP contribution in [0.2, 0.25) is 23.3 Å². The molecule has 160 valence electrons. The van der Waals surface area contributed by atoms with Crippen molar-refractivity contribution in [1.29, 1.82) is 0 Å². The lowest BCUT2D eigenvalue weighted by Crippen LogP contribution is -2.50. The number of methoxy groups -OCH3 is 1. The van der Waals surface area contributed by atoms with Crippen molar-refractivity contribution in [3.05, 3.63) is 23.6 Å². The van der Waals surface area contributed by atoms with E-state index in [1.165, 1.54) is 0 Å². The summed E-state index contributed by atoms with van der Waals surface area (Å²) in [6, 6.07) is -0.586. The Bertz CT molecular complexity index is 953. The molecule has 1 aliphatic carbocycles. The number of hydrogen-bond donors (Lipinski definition) is 2. The number of anilines is 1. The number of halogens is 1. The van der Waals surface area contributed by atoms with Gasteiger partial charge in [0.25, 0.3) is 0 Å². The zero-order valence-corrected chi connectivity index (χ0v) is 19.8. The molecule has 0 aliphatic heterocycles. The number of nitrogens with two attached hydrogens (primary N) is 1. The van der Waals surface area contributed by atoms with E-state index >= 15 is 0 Å². The van der Waals surface area contributed by atoms with Gasteiger partial charge < -0.3 is 24.6 Å². The van der Waals surface area contributed by atoms with E-state index < -0.39 is 32.2 Å². The maximum absolute atomic E-state index is 11.5. The molecule has 0 unspecified atom stereocenters. The molecule has 0 radical (unpaired) electrons. The molecule has 1 aliphatic rings. The van der Waals surface area contributed by atoms with Crippen LogP contribution < -0.4 is 5.73 Å². The van der Waals surface area contributed by atoms with Gasteiger partial charge in [0.05, 0.1) is 18.5 Å². The minimum absolute atomic E-state index is 0.00752. The maximum Gasteiger partial charge on any atom is 0.223 e. The SMILES string of the molecule is C=C1[C@H](O[Si](C)(C)C(C)(C)C)[C@@H](OC)[C@@](C)(O)[C@@H]1n1cnc2c(Cl)nc(N)nc21. The predicted octanol–water partition coefficient (Wildman–Crippen LogP) is 3.33. The van der Waals surface area contributed by atoms with E-state index in [0.717, 1.165) is 0 Å². The van der Waals surface area contributed by atoms with Crippen LogP contribution in [0.25, 0.3) is 11.2 Å². The highest BCUT2D eigenvalue weighted by atomic mass is 35.5. The molecule has 2 aromatic rings. The molecular formula is C19H30ClN5O3Si. The highest BCUT2D eigenvalue weighted by Gasteiger charge is 2.58. The molecule has 1 saturated carbocycles. The van der Waals surface area contributed by atoms with Crippen molar-refractivity contribution < 1.29 is 14.3 Å². The molecule has 2 heterocycles. The van der Waals surface area contributed by atoms with Gasteiger partial charge in [0, 0.05) is 7.11 Å². The average molecular weight is 440 g/mol. The Hall–Kier alpha value is -1.52. The summed E-state index contributed by atoms with van der Waals surface area (Å²) in [6.07, 6.45) is 0.477. The fraction of sp³-hybridized carbons (Fsp3) is 0.632. The first-order valence-electron chi connectivity index (χ1n) is 9.49. The number of hydrogen-bond acceptors (Lipinski definition) is 7. The summed E-state index contributed by atoms with van der Waals surface area (Å²) in [6.45, 7) is 16.8. The molecule has 0 spiro atoms. The second-order valence-corrected chi connectivity index (χ2v) is 14.5. The smallest absolute Gasteiger partial charge is 0.223 e. The van der Waals surface area contributed by atoms with Crippen LogP contribution in [-0.4, -0.2) is 57.9 Å². The Labute approximate surface area is 177 Å². The number of rotatable bonds is 4. The number of imidazole rings is 1. The second kappa shape index (κ2) is 7.02. The summed E-state index contributed by atoms with van der Waals surface area (Å²) < 4.78 is 14.1. The van der Waals surface area contributed by atoms with Crippen LogP contribution in [0, 0.1) is 0 Å². The summed E-state index contributed by atoms with van der Waals surface area (Å²) in [4.78, 5) is 12.6. The van der Waals surface area contributed by atoms with Crippen molar-refractivity contribution in [1.82, 2.24) is 19.5 Å². The largest absolute Gasteiger partial charge is 0.407 e. The number of fused-ring (bicyclic) bond motifs is 1.